The summed E-state index contributed by atoms with van der Waals surface area (Å²) >= 11 is 3.38. The third-order valence-corrected chi connectivity index (χ3v) is 4.12. The summed E-state index contributed by atoms with van der Waals surface area (Å²) in [5.74, 6) is 0.439. The van der Waals surface area contributed by atoms with Crippen molar-refractivity contribution >= 4 is 44.0 Å². The van der Waals surface area contributed by atoms with Crippen molar-refractivity contribution in [3.8, 4) is 5.75 Å². The number of alkyl carbamates (subject to hydrolysis) is 1. The van der Waals surface area contributed by atoms with E-state index in [1.807, 2.05) is 6.92 Å². The van der Waals surface area contributed by atoms with Gasteiger partial charge in [-0.2, -0.15) is 0 Å². The third kappa shape index (κ3) is 3.61. The fourth-order valence-corrected chi connectivity index (χ4v) is 2.84. The van der Waals surface area contributed by atoms with E-state index < -0.39 is 6.09 Å². The van der Waals surface area contributed by atoms with Crippen molar-refractivity contribution in [1.82, 2.24) is 5.32 Å². The Morgan fingerprint density at radius 3 is 2.76 bits per heavy atom. The molecule has 0 aliphatic carbocycles. The number of nitrogens with one attached hydrogen (secondary N) is 1. The van der Waals surface area contributed by atoms with Crippen LogP contribution in [0.1, 0.15) is 5.56 Å². The zero-order valence-corrected chi connectivity index (χ0v) is 15.3. The Balaban J connectivity index is 2.01. The highest BCUT2D eigenvalue weighted by atomic mass is 79.9. The maximum absolute atomic E-state index is 12.8. The first kappa shape index (κ1) is 17.3. The van der Waals surface area contributed by atoms with Crippen LogP contribution in [-0.4, -0.2) is 26.4 Å². The number of rotatable bonds is 4. The normalized spacial score (nSPS) is 10.8. The van der Waals surface area contributed by atoms with Crippen LogP contribution in [0.5, 0.6) is 5.75 Å². The van der Waals surface area contributed by atoms with Gasteiger partial charge in [0.2, 0.25) is 5.43 Å². The molecule has 0 fully saturated rings. The molecular weight excluding hydrogens is 390 g/mol. The SMILES string of the molecule is CNC(=O)OCCOc1cc(C)cc2c(=O)c3ccc(Br)cc3oc12. The predicted molar refractivity (Wildman–Crippen MR) is 98.3 cm³/mol. The number of carbonyl (C=O) groups is 1. The second-order valence-corrected chi connectivity index (χ2v) is 6.36. The van der Waals surface area contributed by atoms with Crippen LogP contribution < -0.4 is 15.5 Å². The van der Waals surface area contributed by atoms with Crippen LogP contribution in [0.4, 0.5) is 4.79 Å². The Hall–Kier alpha value is -2.54. The van der Waals surface area contributed by atoms with Crippen LogP contribution in [0.15, 0.2) is 44.0 Å². The summed E-state index contributed by atoms with van der Waals surface area (Å²) < 4.78 is 17.3. The molecule has 0 aliphatic rings. The molecule has 0 unspecified atom stereocenters. The standard InChI is InChI=1S/C18H16BrNO5/c1-10-7-13-16(21)12-4-3-11(19)9-14(12)25-17(13)15(8-10)23-5-6-24-18(22)20-2/h3-4,7-9H,5-6H2,1-2H3,(H,20,22). The number of ether oxygens (including phenoxy) is 2. The van der Waals surface area contributed by atoms with Gasteiger partial charge in [-0.05, 0) is 42.8 Å². The van der Waals surface area contributed by atoms with Crippen molar-refractivity contribution in [3.05, 3.63) is 50.6 Å². The quantitative estimate of drug-likeness (QED) is 0.528. The summed E-state index contributed by atoms with van der Waals surface area (Å²) in [5, 5.41) is 3.32. The van der Waals surface area contributed by atoms with Crippen molar-refractivity contribution in [2.24, 2.45) is 0 Å². The molecule has 0 saturated heterocycles. The fraction of sp³-hybridized carbons (Fsp3) is 0.222. The van der Waals surface area contributed by atoms with Gasteiger partial charge in [0.15, 0.2) is 11.3 Å². The molecule has 1 heterocycles. The predicted octanol–water partition coefficient (Wildman–Crippen LogP) is 3.75. The summed E-state index contributed by atoms with van der Waals surface area (Å²) in [7, 11) is 1.48. The van der Waals surface area contributed by atoms with Crippen LogP contribution >= 0.6 is 15.9 Å². The number of hydrogen-bond acceptors (Lipinski definition) is 5. The number of carbonyl (C=O) groups excluding carboxylic acids is 1. The number of aryl methyl sites for hydroxylation is 1. The topological polar surface area (TPSA) is 77.8 Å². The zero-order chi connectivity index (χ0) is 18.0. The van der Waals surface area contributed by atoms with E-state index in [2.05, 4.69) is 21.2 Å². The Morgan fingerprint density at radius 2 is 2.00 bits per heavy atom. The lowest BCUT2D eigenvalue weighted by Crippen LogP contribution is -2.21. The summed E-state index contributed by atoms with van der Waals surface area (Å²) in [6.45, 7) is 2.10. The Kier molecular flexibility index (Phi) is 4.94. The lowest BCUT2D eigenvalue weighted by atomic mass is 10.1. The molecule has 1 N–H and O–H groups in total. The number of hydrogen-bond donors (Lipinski definition) is 1. The van der Waals surface area contributed by atoms with Crippen LogP contribution in [0.25, 0.3) is 21.9 Å². The zero-order valence-electron chi connectivity index (χ0n) is 13.7. The van der Waals surface area contributed by atoms with Crippen molar-refractivity contribution in [2.75, 3.05) is 20.3 Å². The average Bonchev–Trinajstić information content (AvgIpc) is 2.59. The first-order chi connectivity index (χ1) is 12.0. The lowest BCUT2D eigenvalue weighted by molar-refractivity contribution is 0.127. The molecular formula is C18H16BrNO5. The molecule has 6 nitrogen and oxygen atoms in total. The van der Waals surface area contributed by atoms with E-state index in [9.17, 15) is 9.59 Å². The molecule has 0 spiro atoms. The molecule has 0 bridgehead atoms. The maximum Gasteiger partial charge on any atom is 0.406 e. The Bertz CT molecular complexity index is 1010. The highest BCUT2D eigenvalue weighted by Gasteiger charge is 2.13. The minimum absolute atomic E-state index is 0.0818. The molecule has 3 aromatic rings. The second kappa shape index (κ2) is 7.14. The molecule has 3 rings (SSSR count). The van der Waals surface area contributed by atoms with E-state index in [1.54, 1.807) is 30.3 Å². The molecule has 0 saturated carbocycles. The van der Waals surface area contributed by atoms with Crippen LogP contribution in [0.3, 0.4) is 0 Å². The van der Waals surface area contributed by atoms with Crippen molar-refractivity contribution in [3.63, 3.8) is 0 Å². The van der Waals surface area contributed by atoms with E-state index in [4.69, 9.17) is 13.9 Å². The molecule has 1 amide bonds. The number of amides is 1. The monoisotopic (exact) mass is 405 g/mol. The van der Waals surface area contributed by atoms with Gasteiger partial charge in [0.1, 0.15) is 18.8 Å². The lowest BCUT2D eigenvalue weighted by Gasteiger charge is -2.11. The minimum Gasteiger partial charge on any atom is -0.486 e. The van der Waals surface area contributed by atoms with Gasteiger partial charge in [0.05, 0.1) is 10.8 Å². The van der Waals surface area contributed by atoms with Crippen molar-refractivity contribution in [2.45, 2.75) is 6.92 Å². The van der Waals surface area contributed by atoms with E-state index >= 15 is 0 Å². The smallest absolute Gasteiger partial charge is 0.406 e. The van der Waals surface area contributed by atoms with Gasteiger partial charge in [0.25, 0.3) is 0 Å². The van der Waals surface area contributed by atoms with Gasteiger partial charge in [-0.1, -0.05) is 15.9 Å². The summed E-state index contributed by atoms with van der Waals surface area (Å²) in [5.41, 5.74) is 1.61. The molecule has 2 aromatic carbocycles. The third-order valence-electron chi connectivity index (χ3n) is 3.62. The maximum atomic E-state index is 12.8. The van der Waals surface area contributed by atoms with Crippen LogP contribution in [0, 0.1) is 6.92 Å². The van der Waals surface area contributed by atoms with Gasteiger partial charge >= 0.3 is 6.09 Å². The van der Waals surface area contributed by atoms with Crippen molar-refractivity contribution in [1.29, 1.82) is 0 Å². The highest BCUT2D eigenvalue weighted by Crippen LogP contribution is 2.29. The highest BCUT2D eigenvalue weighted by molar-refractivity contribution is 9.10. The molecule has 0 aliphatic heterocycles. The second-order valence-electron chi connectivity index (χ2n) is 5.45. The Labute approximate surface area is 151 Å². The molecule has 7 heteroatoms. The van der Waals surface area contributed by atoms with Gasteiger partial charge < -0.3 is 19.2 Å². The molecule has 25 heavy (non-hydrogen) atoms. The van der Waals surface area contributed by atoms with E-state index in [1.165, 1.54) is 7.05 Å². The number of halogens is 1. The summed E-state index contributed by atoms with van der Waals surface area (Å²) in [6, 6.07) is 8.83. The van der Waals surface area contributed by atoms with Gasteiger partial charge in [0, 0.05) is 11.5 Å². The number of fused-ring (bicyclic) bond motifs is 2. The molecule has 0 atom stereocenters. The fourth-order valence-electron chi connectivity index (χ4n) is 2.50. The first-order valence-electron chi connectivity index (χ1n) is 7.63. The summed E-state index contributed by atoms with van der Waals surface area (Å²) in [6.07, 6.45) is -0.528. The largest absolute Gasteiger partial charge is 0.486 e. The molecule has 1 aromatic heterocycles. The van der Waals surface area contributed by atoms with E-state index in [-0.39, 0.29) is 18.6 Å². The van der Waals surface area contributed by atoms with E-state index in [0.29, 0.717) is 27.7 Å². The summed E-state index contributed by atoms with van der Waals surface area (Å²) in [4.78, 5) is 23.8. The minimum atomic E-state index is -0.528. The van der Waals surface area contributed by atoms with Gasteiger partial charge in [-0.3, -0.25) is 4.79 Å². The van der Waals surface area contributed by atoms with Crippen LogP contribution in [0.2, 0.25) is 0 Å². The molecule has 0 radical (unpaired) electrons. The van der Waals surface area contributed by atoms with E-state index in [0.717, 1.165) is 10.0 Å². The van der Waals surface area contributed by atoms with Crippen LogP contribution in [-0.2, 0) is 4.74 Å². The average molecular weight is 406 g/mol. The van der Waals surface area contributed by atoms with Crippen molar-refractivity contribution < 1.29 is 18.7 Å². The first-order valence-corrected chi connectivity index (χ1v) is 8.43. The van der Waals surface area contributed by atoms with Gasteiger partial charge in [-0.15, -0.1) is 0 Å². The number of benzene rings is 2. The Morgan fingerprint density at radius 1 is 1.20 bits per heavy atom. The molecule has 130 valence electrons. The van der Waals surface area contributed by atoms with Gasteiger partial charge in [-0.25, -0.2) is 4.79 Å².